The molecule has 0 fully saturated rings. The topological polar surface area (TPSA) is 69.8 Å². The van der Waals surface area contributed by atoms with Crippen LogP contribution in [-0.2, 0) is 6.54 Å². The lowest BCUT2D eigenvalue weighted by atomic mass is 10.3. The van der Waals surface area contributed by atoms with Gasteiger partial charge < -0.3 is 15.5 Å². The average molecular weight is 317 g/mol. The smallest absolute Gasteiger partial charge is 0.191 e. The Morgan fingerprint density at radius 1 is 1.26 bits per heavy atom. The van der Waals surface area contributed by atoms with Crippen LogP contribution in [0.2, 0.25) is 0 Å². The zero-order chi connectivity index (χ0) is 16.5. The van der Waals surface area contributed by atoms with E-state index in [0.29, 0.717) is 6.54 Å². The first-order valence-corrected chi connectivity index (χ1v) is 8.16. The van der Waals surface area contributed by atoms with E-state index in [0.717, 1.165) is 37.1 Å². The fourth-order valence-electron chi connectivity index (χ4n) is 2.30. The van der Waals surface area contributed by atoms with Crippen molar-refractivity contribution in [3.8, 4) is 0 Å². The highest BCUT2D eigenvalue weighted by Crippen LogP contribution is 2.02. The van der Waals surface area contributed by atoms with Crippen molar-refractivity contribution in [3.63, 3.8) is 0 Å². The van der Waals surface area contributed by atoms with Gasteiger partial charge in [-0.05, 0) is 32.1 Å². The molecule has 7 heteroatoms. The molecule has 0 aliphatic heterocycles. The summed E-state index contributed by atoms with van der Waals surface area (Å²) in [7, 11) is 3.92. The lowest BCUT2D eigenvalue weighted by molar-refractivity contribution is 0.332. The highest BCUT2D eigenvalue weighted by atomic mass is 15.3. The van der Waals surface area contributed by atoms with Crippen LogP contribution in [0.25, 0.3) is 5.65 Å². The van der Waals surface area contributed by atoms with Crippen molar-refractivity contribution in [1.82, 2.24) is 30.1 Å². The standard InChI is InChI=1S/C16H27N7/c1-4-5-10-22(3)12-9-18-16(17-2)19-13-15-21-20-14-8-6-7-11-23(14)15/h6-8,11H,4-5,9-10,12-13H2,1-3H3,(H2,17,18,19). The number of nitrogens with one attached hydrogen (secondary N) is 2. The third-order valence-electron chi connectivity index (χ3n) is 3.70. The van der Waals surface area contributed by atoms with Crippen LogP contribution in [0.15, 0.2) is 29.4 Å². The number of hydrogen-bond donors (Lipinski definition) is 2. The number of rotatable bonds is 8. The largest absolute Gasteiger partial charge is 0.355 e. The fourth-order valence-corrected chi connectivity index (χ4v) is 2.30. The van der Waals surface area contributed by atoms with Crippen LogP contribution in [0.4, 0.5) is 0 Å². The molecule has 0 aliphatic carbocycles. The van der Waals surface area contributed by atoms with Crippen LogP contribution >= 0.6 is 0 Å². The zero-order valence-electron chi connectivity index (χ0n) is 14.3. The number of guanidine groups is 1. The summed E-state index contributed by atoms with van der Waals surface area (Å²) in [6.45, 7) is 5.79. The molecule has 0 amide bonds. The normalized spacial score (nSPS) is 12.1. The molecule has 0 aliphatic rings. The van der Waals surface area contributed by atoms with Crippen molar-refractivity contribution in [2.75, 3.05) is 33.7 Å². The number of pyridine rings is 1. The van der Waals surface area contributed by atoms with E-state index >= 15 is 0 Å². The van der Waals surface area contributed by atoms with Gasteiger partial charge >= 0.3 is 0 Å². The minimum Gasteiger partial charge on any atom is -0.355 e. The molecule has 2 rings (SSSR count). The summed E-state index contributed by atoms with van der Waals surface area (Å²) >= 11 is 0. The molecule has 0 atom stereocenters. The summed E-state index contributed by atoms with van der Waals surface area (Å²) in [5, 5.41) is 15.0. The second kappa shape index (κ2) is 9.09. The highest BCUT2D eigenvalue weighted by Gasteiger charge is 2.05. The van der Waals surface area contributed by atoms with Crippen molar-refractivity contribution in [2.45, 2.75) is 26.3 Å². The molecule has 0 radical (unpaired) electrons. The lowest BCUT2D eigenvalue weighted by Crippen LogP contribution is -2.41. The van der Waals surface area contributed by atoms with Gasteiger partial charge in [0.2, 0.25) is 0 Å². The Morgan fingerprint density at radius 3 is 2.91 bits per heavy atom. The highest BCUT2D eigenvalue weighted by molar-refractivity contribution is 5.79. The number of aromatic nitrogens is 3. The Labute approximate surface area is 137 Å². The molecule has 0 bridgehead atoms. The van der Waals surface area contributed by atoms with Crippen LogP contribution in [-0.4, -0.2) is 59.2 Å². The van der Waals surface area contributed by atoms with Crippen LogP contribution in [0, 0.1) is 0 Å². The maximum atomic E-state index is 4.25. The van der Waals surface area contributed by atoms with E-state index in [1.807, 2.05) is 28.8 Å². The zero-order valence-corrected chi connectivity index (χ0v) is 14.3. The Bertz CT molecular complexity index is 620. The summed E-state index contributed by atoms with van der Waals surface area (Å²) in [6.07, 6.45) is 4.43. The molecular formula is C16H27N7. The summed E-state index contributed by atoms with van der Waals surface area (Å²) in [5.41, 5.74) is 0.852. The Morgan fingerprint density at radius 2 is 2.13 bits per heavy atom. The van der Waals surface area contributed by atoms with Gasteiger partial charge in [-0.3, -0.25) is 9.39 Å². The number of hydrogen-bond acceptors (Lipinski definition) is 4. The Hall–Kier alpha value is -2.15. The van der Waals surface area contributed by atoms with E-state index in [2.05, 4.69) is 44.7 Å². The fraction of sp³-hybridized carbons (Fsp3) is 0.562. The van der Waals surface area contributed by atoms with Crippen molar-refractivity contribution in [2.24, 2.45) is 4.99 Å². The van der Waals surface area contributed by atoms with Crippen molar-refractivity contribution >= 4 is 11.6 Å². The minimum atomic E-state index is 0.580. The SMILES string of the molecule is CCCCN(C)CCNC(=NC)NCc1nnc2ccccn12. The molecule has 0 aromatic carbocycles. The first-order chi connectivity index (χ1) is 11.2. The van der Waals surface area contributed by atoms with Crippen LogP contribution in [0.3, 0.4) is 0 Å². The van der Waals surface area contributed by atoms with E-state index in [4.69, 9.17) is 0 Å². The second-order valence-electron chi connectivity index (χ2n) is 5.55. The van der Waals surface area contributed by atoms with Gasteiger partial charge in [0.1, 0.15) is 0 Å². The summed E-state index contributed by atoms with van der Waals surface area (Å²) in [4.78, 5) is 6.57. The quantitative estimate of drug-likeness (QED) is 0.564. The molecule has 0 saturated carbocycles. The third-order valence-corrected chi connectivity index (χ3v) is 3.70. The molecule has 0 spiro atoms. The summed E-state index contributed by atoms with van der Waals surface area (Å²) in [6, 6.07) is 5.87. The van der Waals surface area contributed by atoms with Gasteiger partial charge in [-0.1, -0.05) is 19.4 Å². The van der Waals surface area contributed by atoms with Gasteiger partial charge in [0.15, 0.2) is 17.4 Å². The summed E-state index contributed by atoms with van der Waals surface area (Å²) in [5.74, 6) is 1.64. The predicted molar refractivity (Wildman–Crippen MR) is 93.6 cm³/mol. The maximum absolute atomic E-state index is 4.25. The van der Waals surface area contributed by atoms with Gasteiger partial charge in [0, 0.05) is 26.3 Å². The molecule has 23 heavy (non-hydrogen) atoms. The lowest BCUT2D eigenvalue weighted by Gasteiger charge is -2.17. The molecule has 0 unspecified atom stereocenters. The number of likely N-dealkylation sites (N-methyl/N-ethyl adjacent to an activating group) is 1. The predicted octanol–water partition coefficient (Wildman–Crippen LogP) is 1.13. The van der Waals surface area contributed by atoms with Crippen LogP contribution in [0.1, 0.15) is 25.6 Å². The van der Waals surface area contributed by atoms with Gasteiger partial charge in [0.05, 0.1) is 6.54 Å². The number of fused-ring (bicyclic) bond motifs is 1. The van der Waals surface area contributed by atoms with Crippen molar-refractivity contribution in [3.05, 3.63) is 30.2 Å². The van der Waals surface area contributed by atoms with E-state index < -0.39 is 0 Å². The van der Waals surface area contributed by atoms with Gasteiger partial charge in [-0.25, -0.2) is 0 Å². The molecule has 2 aromatic heterocycles. The summed E-state index contributed by atoms with van der Waals surface area (Å²) < 4.78 is 1.97. The molecule has 0 saturated heterocycles. The first kappa shape index (κ1) is 17.2. The Kier molecular flexibility index (Phi) is 6.80. The van der Waals surface area contributed by atoms with Crippen LogP contribution < -0.4 is 10.6 Å². The van der Waals surface area contributed by atoms with Gasteiger partial charge in [-0.2, -0.15) is 0 Å². The Balaban J connectivity index is 1.77. The molecular weight excluding hydrogens is 290 g/mol. The number of unbranched alkanes of at least 4 members (excludes halogenated alkanes) is 1. The second-order valence-corrected chi connectivity index (χ2v) is 5.55. The van der Waals surface area contributed by atoms with Crippen molar-refractivity contribution in [1.29, 1.82) is 0 Å². The first-order valence-electron chi connectivity index (χ1n) is 8.16. The van der Waals surface area contributed by atoms with E-state index in [1.165, 1.54) is 12.8 Å². The molecule has 2 heterocycles. The maximum Gasteiger partial charge on any atom is 0.191 e. The molecule has 126 valence electrons. The van der Waals surface area contributed by atoms with E-state index in [9.17, 15) is 0 Å². The average Bonchev–Trinajstić information content (AvgIpc) is 2.99. The van der Waals surface area contributed by atoms with Gasteiger partial charge in [0.25, 0.3) is 0 Å². The van der Waals surface area contributed by atoms with Crippen molar-refractivity contribution < 1.29 is 0 Å². The molecule has 2 aromatic rings. The van der Waals surface area contributed by atoms with Gasteiger partial charge in [-0.15, -0.1) is 10.2 Å². The number of aliphatic imine (C=N–C) groups is 1. The number of nitrogens with zero attached hydrogens (tertiary/aromatic N) is 5. The third kappa shape index (κ3) is 5.21. The van der Waals surface area contributed by atoms with E-state index in [1.54, 1.807) is 7.05 Å². The van der Waals surface area contributed by atoms with Crippen LogP contribution in [0.5, 0.6) is 0 Å². The molecule has 7 nitrogen and oxygen atoms in total. The molecule has 2 N–H and O–H groups in total. The monoisotopic (exact) mass is 317 g/mol. The minimum absolute atomic E-state index is 0.580. The van der Waals surface area contributed by atoms with E-state index in [-0.39, 0.29) is 0 Å².